The third-order valence-electron chi connectivity index (χ3n) is 2.30. The van der Waals surface area contributed by atoms with E-state index < -0.39 is 0 Å². The summed E-state index contributed by atoms with van der Waals surface area (Å²) in [5, 5.41) is 5.41. The summed E-state index contributed by atoms with van der Waals surface area (Å²) in [4.78, 5) is 0. The van der Waals surface area contributed by atoms with Gasteiger partial charge in [0.15, 0.2) is 0 Å². The van der Waals surface area contributed by atoms with Crippen molar-refractivity contribution in [2.75, 3.05) is 5.33 Å². The number of halogens is 1. The van der Waals surface area contributed by atoms with Gasteiger partial charge in [-0.15, -0.1) is 0 Å². The van der Waals surface area contributed by atoms with Crippen molar-refractivity contribution < 1.29 is 0 Å². The average Bonchev–Trinajstić information content (AvgIpc) is 2.62. The van der Waals surface area contributed by atoms with Gasteiger partial charge >= 0.3 is 0 Å². The van der Waals surface area contributed by atoms with Gasteiger partial charge in [0.05, 0.1) is 6.20 Å². The zero-order valence-electron chi connectivity index (χ0n) is 8.33. The Morgan fingerprint density at radius 2 is 2.38 bits per heavy atom. The van der Waals surface area contributed by atoms with Crippen LogP contribution in [-0.4, -0.2) is 15.1 Å². The lowest BCUT2D eigenvalue weighted by Gasteiger charge is -2.07. The number of alkyl halides is 1. The van der Waals surface area contributed by atoms with Crippen molar-refractivity contribution in [2.24, 2.45) is 0 Å². The lowest BCUT2D eigenvalue weighted by molar-refractivity contribution is 0.477. The molecule has 0 N–H and O–H groups in total. The van der Waals surface area contributed by atoms with E-state index in [1.807, 2.05) is 6.20 Å². The number of nitrogens with zero attached hydrogens (tertiary/aromatic N) is 2. The maximum atomic E-state index is 4.34. The summed E-state index contributed by atoms with van der Waals surface area (Å²) in [6.45, 7) is 4.38. The van der Waals surface area contributed by atoms with Crippen LogP contribution in [0.1, 0.15) is 38.3 Å². The van der Waals surface area contributed by atoms with E-state index in [-0.39, 0.29) is 0 Å². The van der Waals surface area contributed by atoms with Crippen molar-refractivity contribution in [3.8, 4) is 0 Å². The predicted octanol–water partition coefficient (Wildman–Crippen LogP) is 3.18. The van der Waals surface area contributed by atoms with Crippen molar-refractivity contribution in [1.82, 2.24) is 9.78 Å². The molecule has 74 valence electrons. The van der Waals surface area contributed by atoms with E-state index in [0.29, 0.717) is 6.04 Å². The summed E-state index contributed by atoms with van der Waals surface area (Å²) < 4.78 is 2.06. The van der Waals surface area contributed by atoms with E-state index in [0.717, 1.165) is 18.2 Å². The Bertz CT molecular complexity index is 245. The number of aromatic nitrogens is 2. The van der Waals surface area contributed by atoms with Crippen LogP contribution >= 0.6 is 15.9 Å². The molecule has 0 spiro atoms. The highest BCUT2D eigenvalue weighted by Crippen LogP contribution is 2.11. The van der Waals surface area contributed by atoms with Crippen molar-refractivity contribution in [3.63, 3.8) is 0 Å². The first-order valence-corrected chi connectivity index (χ1v) is 5.99. The number of hydrogen-bond acceptors (Lipinski definition) is 1. The lowest BCUT2D eigenvalue weighted by Crippen LogP contribution is -2.03. The maximum absolute atomic E-state index is 4.34. The molecule has 3 heteroatoms. The molecule has 1 rings (SSSR count). The number of rotatable bonds is 5. The molecule has 0 aliphatic rings. The molecule has 0 aromatic carbocycles. The van der Waals surface area contributed by atoms with Crippen LogP contribution in [0, 0.1) is 0 Å². The molecule has 0 radical (unpaired) electrons. The van der Waals surface area contributed by atoms with Crippen LogP contribution in [0.2, 0.25) is 0 Å². The Morgan fingerprint density at radius 3 is 3.00 bits per heavy atom. The van der Waals surface area contributed by atoms with E-state index in [9.17, 15) is 0 Å². The average molecular weight is 245 g/mol. The summed E-state index contributed by atoms with van der Waals surface area (Å²) in [6, 6.07) is 0.526. The Hall–Kier alpha value is -0.310. The molecule has 1 aromatic rings. The molecule has 13 heavy (non-hydrogen) atoms. The smallest absolute Gasteiger partial charge is 0.0521 e. The zero-order valence-corrected chi connectivity index (χ0v) is 9.92. The normalized spacial score (nSPS) is 13.2. The summed E-state index contributed by atoms with van der Waals surface area (Å²) in [5.41, 5.74) is 1.35. The minimum atomic E-state index is 0.526. The van der Waals surface area contributed by atoms with Crippen LogP contribution in [0.15, 0.2) is 12.4 Å². The van der Waals surface area contributed by atoms with E-state index in [2.05, 4.69) is 45.8 Å². The lowest BCUT2D eigenvalue weighted by atomic mass is 10.2. The van der Waals surface area contributed by atoms with Gasteiger partial charge < -0.3 is 0 Å². The molecule has 1 heterocycles. The molecule has 0 aliphatic carbocycles. The molecule has 0 aliphatic heterocycles. The summed E-state index contributed by atoms with van der Waals surface area (Å²) in [7, 11) is 0. The van der Waals surface area contributed by atoms with Gasteiger partial charge in [0.25, 0.3) is 0 Å². The van der Waals surface area contributed by atoms with E-state index in [1.165, 1.54) is 12.0 Å². The van der Waals surface area contributed by atoms with E-state index in [1.54, 1.807) is 0 Å². The largest absolute Gasteiger partial charge is 0.270 e. The monoisotopic (exact) mass is 244 g/mol. The summed E-state index contributed by atoms with van der Waals surface area (Å²) >= 11 is 3.43. The Labute approximate surface area is 88.5 Å². The molecule has 1 atom stereocenters. The minimum Gasteiger partial charge on any atom is -0.270 e. The third kappa shape index (κ3) is 3.14. The zero-order chi connectivity index (χ0) is 9.68. The van der Waals surface area contributed by atoms with Crippen LogP contribution in [0.4, 0.5) is 0 Å². The SMILES string of the molecule is CCC(C)n1cc(CCCBr)cn1. The first-order valence-electron chi connectivity index (χ1n) is 4.87. The van der Waals surface area contributed by atoms with Gasteiger partial charge in [0, 0.05) is 17.6 Å². The van der Waals surface area contributed by atoms with E-state index in [4.69, 9.17) is 0 Å². The standard InChI is InChI=1S/C10H17BrN2/c1-3-9(2)13-8-10(7-12-13)5-4-6-11/h7-9H,3-6H2,1-2H3. The van der Waals surface area contributed by atoms with Gasteiger partial charge in [0.1, 0.15) is 0 Å². The highest BCUT2D eigenvalue weighted by molar-refractivity contribution is 9.09. The van der Waals surface area contributed by atoms with Gasteiger partial charge in [-0.3, -0.25) is 4.68 Å². The summed E-state index contributed by atoms with van der Waals surface area (Å²) in [6.07, 6.45) is 7.60. The first kappa shape index (κ1) is 10.8. The molecule has 1 unspecified atom stereocenters. The van der Waals surface area contributed by atoms with Gasteiger partial charge in [0.2, 0.25) is 0 Å². The van der Waals surface area contributed by atoms with Gasteiger partial charge in [-0.1, -0.05) is 22.9 Å². The van der Waals surface area contributed by atoms with Crippen molar-refractivity contribution >= 4 is 15.9 Å². The van der Waals surface area contributed by atoms with Crippen LogP contribution in [-0.2, 0) is 6.42 Å². The van der Waals surface area contributed by atoms with Crippen LogP contribution in [0.25, 0.3) is 0 Å². The summed E-state index contributed by atoms with van der Waals surface area (Å²) in [5.74, 6) is 0. The molecule has 0 saturated heterocycles. The highest BCUT2D eigenvalue weighted by atomic mass is 79.9. The fourth-order valence-corrected chi connectivity index (χ4v) is 1.49. The first-order chi connectivity index (χ1) is 6.27. The molecule has 0 fully saturated rings. The Morgan fingerprint density at radius 1 is 1.62 bits per heavy atom. The maximum Gasteiger partial charge on any atom is 0.0521 e. The molecule has 0 saturated carbocycles. The molecule has 0 amide bonds. The highest BCUT2D eigenvalue weighted by Gasteiger charge is 2.03. The second-order valence-electron chi connectivity index (χ2n) is 3.38. The van der Waals surface area contributed by atoms with Gasteiger partial charge in [-0.05, 0) is 31.7 Å². The fraction of sp³-hybridized carbons (Fsp3) is 0.700. The molecule has 1 aromatic heterocycles. The molecule has 0 bridgehead atoms. The number of aryl methyl sites for hydroxylation is 1. The van der Waals surface area contributed by atoms with Crippen LogP contribution in [0.5, 0.6) is 0 Å². The molecule has 2 nitrogen and oxygen atoms in total. The second kappa shape index (κ2) is 5.43. The predicted molar refractivity (Wildman–Crippen MR) is 59.3 cm³/mol. The van der Waals surface area contributed by atoms with Gasteiger partial charge in [-0.2, -0.15) is 5.10 Å². The minimum absolute atomic E-state index is 0.526. The van der Waals surface area contributed by atoms with Crippen molar-refractivity contribution in [1.29, 1.82) is 0 Å². The van der Waals surface area contributed by atoms with Crippen molar-refractivity contribution in [3.05, 3.63) is 18.0 Å². The fourth-order valence-electron chi connectivity index (χ4n) is 1.21. The third-order valence-corrected chi connectivity index (χ3v) is 2.86. The topological polar surface area (TPSA) is 17.8 Å². The quantitative estimate of drug-likeness (QED) is 0.728. The Balaban J connectivity index is 2.53. The van der Waals surface area contributed by atoms with Crippen LogP contribution < -0.4 is 0 Å². The van der Waals surface area contributed by atoms with E-state index >= 15 is 0 Å². The molecular weight excluding hydrogens is 228 g/mol. The van der Waals surface area contributed by atoms with Crippen molar-refractivity contribution in [2.45, 2.75) is 39.2 Å². The Kier molecular flexibility index (Phi) is 4.50. The van der Waals surface area contributed by atoms with Crippen LogP contribution in [0.3, 0.4) is 0 Å². The molecular formula is C10H17BrN2. The number of hydrogen-bond donors (Lipinski definition) is 0. The second-order valence-corrected chi connectivity index (χ2v) is 4.17. The van der Waals surface area contributed by atoms with Gasteiger partial charge in [-0.25, -0.2) is 0 Å².